The first-order valence-corrected chi connectivity index (χ1v) is 7.25. The second kappa shape index (κ2) is 7.02. The number of carbonyl (C=O) groups excluding carboxylic acids is 1. The molecule has 2 rings (SSSR count). The normalized spacial score (nSPS) is 10.4. The molecule has 1 amide bonds. The summed E-state index contributed by atoms with van der Waals surface area (Å²) in [6.07, 6.45) is 4.90. The average molecular weight is 282 g/mol. The van der Waals surface area contributed by atoms with E-state index < -0.39 is 0 Å². The summed E-state index contributed by atoms with van der Waals surface area (Å²) in [5.41, 5.74) is 4.70. The van der Waals surface area contributed by atoms with Crippen LogP contribution in [0.1, 0.15) is 22.3 Å². The average Bonchev–Trinajstić information content (AvgIpc) is 2.49. The molecule has 1 aromatic carbocycles. The van der Waals surface area contributed by atoms with E-state index in [-0.39, 0.29) is 5.91 Å². The number of carbonyl (C=O) groups is 1. The van der Waals surface area contributed by atoms with E-state index in [9.17, 15) is 4.79 Å². The number of aromatic nitrogens is 1. The number of likely N-dealkylation sites (N-methyl/N-ethyl adjacent to an activating group) is 1. The van der Waals surface area contributed by atoms with E-state index in [1.807, 2.05) is 24.1 Å². The maximum Gasteiger partial charge on any atom is 0.226 e. The summed E-state index contributed by atoms with van der Waals surface area (Å²) in [4.78, 5) is 18.1. The van der Waals surface area contributed by atoms with Gasteiger partial charge in [0, 0.05) is 26.0 Å². The fourth-order valence-corrected chi connectivity index (χ4v) is 2.26. The van der Waals surface area contributed by atoms with Crippen LogP contribution in [0.4, 0.5) is 0 Å². The Labute approximate surface area is 126 Å². The molecule has 0 bridgehead atoms. The van der Waals surface area contributed by atoms with Crippen LogP contribution in [0.15, 0.2) is 42.7 Å². The third-order valence-corrected chi connectivity index (χ3v) is 3.76. The summed E-state index contributed by atoms with van der Waals surface area (Å²) in [5, 5.41) is 0. The third-order valence-electron chi connectivity index (χ3n) is 3.76. The lowest BCUT2D eigenvalue weighted by Gasteiger charge is -2.18. The van der Waals surface area contributed by atoms with E-state index in [0.717, 1.165) is 18.5 Å². The first-order chi connectivity index (χ1) is 10.1. The van der Waals surface area contributed by atoms with Gasteiger partial charge in [-0.2, -0.15) is 0 Å². The topological polar surface area (TPSA) is 33.2 Å². The summed E-state index contributed by atoms with van der Waals surface area (Å²) in [7, 11) is 1.87. The molecular weight excluding hydrogens is 260 g/mol. The number of benzene rings is 1. The van der Waals surface area contributed by atoms with Gasteiger partial charge in [0.2, 0.25) is 5.91 Å². The van der Waals surface area contributed by atoms with Gasteiger partial charge in [0.05, 0.1) is 6.42 Å². The molecule has 2 aromatic rings. The molecular formula is C18H22N2O. The standard InChI is InChI=1S/C18H22N2O/c1-14-4-5-15(2)17(12-14)13-18(21)20(3)11-8-16-6-9-19-10-7-16/h4-7,9-10,12H,8,11,13H2,1-3H3. The zero-order valence-corrected chi connectivity index (χ0v) is 13.0. The van der Waals surface area contributed by atoms with Crippen LogP contribution in [0.5, 0.6) is 0 Å². The molecule has 0 spiro atoms. The fraction of sp³-hybridized carbons (Fsp3) is 0.333. The van der Waals surface area contributed by atoms with Gasteiger partial charge in [-0.3, -0.25) is 9.78 Å². The van der Waals surface area contributed by atoms with E-state index in [2.05, 4.69) is 37.0 Å². The second-order valence-electron chi connectivity index (χ2n) is 5.53. The van der Waals surface area contributed by atoms with Gasteiger partial charge in [-0.05, 0) is 49.1 Å². The van der Waals surface area contributed by atoms with Crippen molar-refractivity contribution in [1.82, 2.24) is 9.88 Å². The van der Waals surface area contributed by atoms with E-state index >= 15 is 0 Å². The Morgan fingerprint density at radius 3 is 2.57 bits per heavy atom. The first-order valence-electron chi connectivity index (χ1n) is 7.25. The van der Waals surface area contributed by atoms with Gasteiger partial charge in [-0.25, -0.2) is 0 Å². The van der Waals surface area contributed by atoms with Gasteiger partial charge in [0.15, 0.2) is 0 Å². The zero-order valence-electron chi connectivity index (χ0n) is 13.0. The van der Waals surface area contributed by atoms with Crippen LogP contribution in [0.2, 0.25) is 0 Å². The molecule has 1 heterocycles. The number of amides is 1. The molecule has 3 heteroatoms. The maximum atomic E-state index is 12.3. The molecule has 0 fully saturated rings. The fourth-order valence-electron chi connectivity index (χ4n) is 2.26. The van der Waals surface area contributed by atoms with Gasteiger partial charge in [0.25, 0.3) is 0 Å². The van der Waals surface area contributed by atoms with Crippen LogP contribution < -0.4 is 0 Å². The van der Waals surface area contributed by atoms with E-state index in [4.69, 9.17) is 0 Å². The van der Waals surface area contributed by atoms with Crippen molar-refractivity contribution >= 4 is 5.91 Å². The number of hydrogen-bond acceptors (Lipinski definition) is 2. The Morgan fingerprint density at radius 1 is 1.14 bits per heavy atom. The van der Waals surface area contributed by atoms with Crippen LogP contribution in [-0.4, -0.2) is 29.4 Å². The van der Waals surface area contributed by atoms with E-state index in [0.29, 0.717) is 6.42 Å². The van der Waals surface area contributed by atoms with Crippen molar-refractivity contribution in [2.45, 2.75) is 26.7 Å². The van der Waals surface area contributed by atoms with Crippen molar-refractivity contribution in [3.8, 4) is 0 Å². The van der Waals surface area contributed by atoms with Crippen molar-refractivity contribution in [2.75, 3.05) is 13.6 Å². The Morgan fingerprint density at radius 2 is 1.86 bits per heavy atom. The van der Waals surface area contributed by atoms with Gasteiger partial charge < -0.3 is 4.90 Å². The number of rotatable bonds is 5. The van der Waals surface area contributed by atoms with Gasteiger partial charge in [0.1, 0.15) is 0 Å². The number of pyridine rings is 1. The lowest BCUT2D eigenvalue weighted by atomic mass is 10.0. The Hall–Kier alpha value is -2.16. The molecule has 0 aliphatic rings. The highest BCUT2D eigenvalue weighted by Gasteiger charge is 2.11. The van der Waals surface area contributed by atoms with Gasteiger partial charge in [-0.1, -0.05) is 23.8 Å². The summed E-state index contributed by atoms with van der Waals surface area (Å²) in [6, 6.07) is 10.2. The van der Waals surface area contributed by atoms with Crippen molar-refractivity contribution in [3.05, 3.63) is 65.0 Å². The van der Waals surface area contributed by atoms with Crippen molar-refractivity contribution in [1.29, 1.82) is 0 Å². The molecule has 0 radical (unpaired) electrons. The molecule has 1 aromatic heterocycles. The largest absolute Gasteiger partial charge is 0.345 e. The Bertz CT molecular complexity index is 608. The predicted octanol–water partition coefficient (Wildman–Crippen LogP) is 2.94. The minimum atomic E-state index is 0.165. The monoisotopic (exact) mass is 282 g/mol. The van der Waals surface area contributed by atoms with Crippen molar-refractivity contribution in [2.24, 2.45) is 0 Å². The SMILES string of the molecule is Cc1ccc(C)c(CC(=O)N(C)CCc2ccncc2)c1. The molecule has 3 nitrogen and oxygen atoms in total. The minimum Gasteiger partial charge on any atom is -0.345 e. The van der Waals surface area contributed by atoms with Crippen molar-refractivity contribution < 1.29 is 4.79 Å². The molecule has 0 saturated carbocycles. The van der Waals surface area contributed by atoms with Gasteiger partial charge in [-0.15, -0.1) is 0 Å². The lowest BCUT2D eigenvalue weighted by molar-refractivity contribution is -0.129. The molecule has 0 unspecified atom stereocenters. The van der Waals surface area contributed by atoms with E-state index in [1.54, 1.807) is 12.4 Å². The quantitative estimate of drug-likeness (QED) is 0.844. The number of aryl methyl sites for hydroxylation is 2. The molecule has 0 aliphatic heterocycles. The minimum absolute atomic E-state index is 0.165. The van der Waals surface area contributed by atoms with Crippen molar-refractivity contribution in [3.63, 3.8) is 0 Å². The van der Waals surface area contributed by atoms with Gasteiger partial charge >= 0.3 is 0 Å². The van der Waals surface area contributed by atoms with Crippen LogP contribution in [0.3, 0.4) is 0 Å². The predicted molar refractivity (Wildman–Crippen MR) is 85.2 cm³/mol. The highest BCUT2D eigenvalue weighted by molar-refractivity contribution is 5.79. The number of nitrogens with zero attached hydrogens (tertiary/aromatic N) is 2. The maximum absolute atomic E-state index is 12.3. The molecule has 0 N–H and O–H groups in total. The first kappa shape index (κ1) is 15.2. The summed E-state index contributed by atoms with van der Waals surface area (Å²) >= 11 is 0. The second-order valence-corrected chi connectivity index (χ2v) is 5.53. The molecule has 110 valence electrons. The van der Waals surface area contributed by atoms with Crippen LogP contribution in [-0.2, 0) is 17.6 Å². The number of hydrogen-bond donors (Lipinski definition) is 0. The highest BCUT2D eigenvalue weighted by Crippen LogP contribution is 2.12. The van der Waals surface area contributed by atoms with Crippen LogP contribution >= 0.6 is 0 Å². The highest BCUT2D eigenvalue weighted by atomic mass is 16.2. The van der Waals surface area contributed by atoms with E-state index in [1.165, 1.54) is 16.7 Å². The van der Waals surface area contributed by atoms with Crippen LogP contribution in [0, 0.1) is 13.8 Å². The Balaban J connectivity index is 1.92. The summed E-state index contributed by atoms with van der Waals surface area (Å²) in [6.45, 7) is 4.84. The molecule has 0 atom stereocenters. The van der Waals surface area contributed by atoms with Crippen LogP contribution in [0.25, 0.3) is 0 Å². The molecule has 0 aliphatic carbocycles. The smallest absolute Gasteiger partial charge is 0.226 e. The summed E-state index contributed by atoms with van der Waals surface area (Å²) in [5.74, 6) is 0.165. The molecule has 0 saturated heterocycles. The Kier molecular flexibility index (Phi) is 5.09. The lowest BCUT2D eigenvalue weighted by Crippen LogP contribution is -2.30. The summed E-state index contributed by atoms with van der Waals surface area (Å²) < 4.78 is 0. The third kappa shape index (κ3) is 4.42. The zero-order chi connectivity index (χ0) is 15.2. The molecule has 21 heavy (non-hydrogen) atoms.